The van der Waals surface area contributed by atoms with Crippen molar-refractivity contribution in [1.29, 1.82) is 0 Å². The molecule has 4 unspecified atom stereocenters. The van der Waals surface area contributed by atoms with E-state index < -0.39 is 5.97 Å². The van der Waals surface area contributed by atoms with E-state index in [0.29, 0.717) is 42.1 Å². The molecule has 10 nitrogen and oxygen atoms in total. The predicted molar refractivity (Wildman–Crippen MR) is 160 cm³/mol. The molecule has 4 atom stereocenters. The zero-order chi connectivity index (χ0) is 30.5. The smallest absolute Gasteiger partial charge is 0.407 e. The molecule has 4 bridgehead atoms. The fraction of sp³-hybridized carbons (Fsp3) is 0.552. The number of carboxylic acids is 1. The Morgan fingerprint density at radius 3 is 2.61 bits per heavy atom. The zero-order valence-electron chi connectivity index (χ0n) is 24.2. The average molecular weight is 615 g/mol. The summed E-state index contributed by atoms with van der Waals surface area (Å²) >= 11 is 11.2. The van der Waals surface area contributed by atoms with Crippen LogP contribution < -0.4 is 20.3 Å². The lowest BCUT2D eigenvalue weighted by molar-refractivity contribution is -0.135. The molecule has 0 saturated carbocycles. The van der Waals surface area contributed by atoms with Crippen molar-refractivity contribution in [3.63, 3.8) is 0 Å². The molecule has 1 aromatic rings. The largest absolute Gasteiger partial charge is 0.495 e. The van der Waals surface area contributed by atoms with Gasteiger partial charge in [0.1, 0.15) is 16.9 Å². The molecule has 0 aromatic heterocycles. The highest BCUT2D eigenvalue weighted by Crippen LogP contribution is 2.38. The van der Waals surface area contributed by atoms with Crippen LogP contribution in [0.5, 0.6) is 5.75 Å². The molecule has 3 N–H and O–H groups in total. The number of methoxy groups -OCH3 is 1. The van der Waals surface area contributed by atoms with Crippen LogP contribution >= 0.6 is 23.2 Å². The number of carbonyl (C=O) groups is 3. The van der Waals surface area contributed by atoms with Crippen LogP contribution in [0.2, 0.25) is 5.02 Å². The molecule has 228 valence electrons. The van der Waals surface area contributed by atoms with Gasteiger partial charge in [0, 0.05) is 38.7 Å². The van der Waals surface area contributed by atoms with Crippen LogP contribution in [0.4, 0.5) is 10.5 Å². The fourth-order valence-electron chi connectivity index (χ4n) is 4.68. The molecule has 3 heterocycles. The van der Waals surface area contributed by atoms with Crippen molar-refractivity contribution < 1.29 is 33.7 Å². The lowest BCUT2D eigenvalue weighted by atomic mass is 9.99. The summed E-state index contributed by atoms with van der Waals surface area (Å²) in [4.78, 5) is 36.0. The number of benzene rings is 1. The molecule has 2 amide bonds. The molecule has 0 spiro atoms. The quantitative estimate of drug-likeness (QED) is 0.330. The normalized spacial score (nSPS) is 26.2. The summed E-state index contributed by atoms with van der Waals surface area (Å²) in [5, 5.41) is 13.6. The number of alkyl carbamates (subject to hydrolysis) is 1. The minimum absolute atomic E-state index is 0.0135. The number of carbonyl (C=O) groups excluding carboxylic acids is 2. The Balaban J connectivity index is 0.000000654. The number of fused-ring (bicyclic) bond motifs is 5. The van der Waals surface area contributed by atoms with Crippen LogP contribution in [0, 0.1) is 0 Å². The van der Waals surface area contributed by atoms with E-state index >= 15 is 0 Å². The SMILES string of the molecule is CCl.CNCC(=O)O.COc1cc2cc(c1Cl)N(C)C(=O)CCC1OC1CC1CC(C/C=C/C=C(\C)C2)NC(=O)O1. The number of hydrogen-bond donors (Lipinski definition) is 3. The second-order valence-corrected chi connectivity index (χ2v) is 10.3. The maximum Gasteiger partial charge on any atom is 0.407 e. The number of nitrogens with zero attached hydrogens (tertiary/aromatic N) is 1. The molecule has 4 rings (SSSR count). The summed E-state index contributed by atoms with van der Waals surface area (Å²) < 4.78 is 16.7. The number of amides is 2. The Kier molecular flexibility index (Phi) is 14.5. The maximum atomic E-state index is 12.9. The van der Waals surface area contributed by atoms with Crippen LogP contribution in [-0.2, 0) is 25.5 Å². The number of epoxide rings is 1. The van der Waals surface area contributed by atoms with Gasteiger partial charge in [-0.05, 0) is 50.9 Å². The number of ether oxygens (including phenoxy) is 3. The number of hydrogen-bond acceptors (Lipinski definition) is 7. The maximum absolute atomic E-state index is 12.9. The number of halogens is 2. The first-order chi connectivity index (χ1) is 19.6. The Morgan fingerprint density at radius 1 is 1.24 bits per heavy atom. The fourth-order valence-corrected chi connectivity index (χ4v) is 5.00. The molecule has 0 aliphatic carbocycles. The molecule has 1 aromatic carbocycles. The highest BCUT2D eigenvalue weighted by atomic mass is 35.5. The van der Waals surface area contributed by atoms with Gasteiger partial charge in [-0.1, -0.05) is 35.4 Å². The van der Waals surface area contributed by atoms with E-state index in [-0.39, 0.29) is 42.9 Å². The Labute approximate surface area is 252 Å². The summed E-state index contributed by atoms with van der Waals surface area (Å²) in [5.74, 6) is -0.309. The second kappa shape index (κ2) is 17.2. The lowest BCUT2D eigenvalue weighted by Gasteiger charge is -2.29. The monoisotopic (exact) mass is 613 g/mol. The number of likely N-dealkylation sites (N-methyl/N-ethyl adjacent to an activating group) is 1. The minimum Gasteiger partial charge on any atom is -0.495 e. The highest BCUT2D eigenvalue weighted by molar-refractivity contribution is 6.35. The Bertz CT molecular complexity index is 1110. The molecule has 0 radical (unpaired) electrons. The molecule has 3 aliphatic heterocycles. The van der Waals surface area contributed by atoms with Crippen molar-refractivity contribution >= 4 is 46.9 Å². The predicted octanol–water partition coefficient (Wildman–Crippen LogP) is 4.71. The van der Waals surface area contributed by atoms with Crippen molar-refractivity contribution in [2.24, 2.45) is 0 Å². The van der Waals surface area contributed by atoms with Crippen molar-refractivity contribution in [1.82, 2.24) is 10.6 Å². The first-order valence-electron chi connectivity index (χ1n) is 13.4. The summed E-state index contributed by atoms with van der Waals surface area (Å²) in [6.07, 6.45) is 10.9. The van der Waals surface area contributed by atoms with Gasteiger partial charge in [0.15, 0.2) is 0 Å². The van der Waals surface area contributed by atoms with Gasteiger partial charge in [-0.25, -0.2) is 4.79 Å². The van der Waals surface area contributed by atoms with E-state index in [1.807, 2.05) is 18.2 Å². The van der Waals surface area contributed by atoms with Crippen LogP contribution in [0.25, 0.3) is 0 Å². The summed E-state index contributed by atoms with van der Waals surface area (Å²) in [6.45, 7) is 2.10. The van der Waals surface area contributed by atoms with E-state index in [0.717, 1.165) is 24.0 Å². The third-order valence-corrected chi connectivity index (χ3v) is 7.13. The number of alkyl halides is 1. The highest BCUT2D eigenvalue weighted by Gasteiger charge is 2.42. The van der Waals surface area contributed by atoms with Crippen LogP contribution in [0.1, 0.15) is 44.6 Å². The van der Waals surface area contributed by atoms with Crippen LogP contribution in [0.15, 0.2) is 35.9 Å². The van der Waals surface area contributed by atoms with Gasteiger partial charge < -0.3 is 34.9 Å². The number of rotatable bonds is 3. The van der Waals surface area contributed by atoms with Crippen molar-refractivity contribution in [2.45, 2.75) is 69.8 Å². The van der Waals surface area contributed by atoms with Gasteiger partial charge in [-0.3, -0.25) is 9.59 Å². The average Bonchev–Trinajstić information content (AvgIpc) is 3.68. The van der Waals surface area contributed by atoms with E-state index in [1.165, 1.54) is 6.38 Å². The first-order valence-corrected chi connectivity index (χ1v) is 14.6. The number of carboxylic acid groups (broad SMARTS) is 1. The zero-order valence-corrected chi connectivity index (χ0v) is 25.8. The number of nitrogens with one attached hydrogen (secondary N) is 2. The summed E-state index contributed by atoms with van der Waals surface area (Å²) in [6, 6.07) is 3.90. The molecule has 12 heteroatoms. The molecular formula is C29H41Cl2N3O7. The molecule has 3 aliphatic rings. The third kappa shape index (κ3) is 11.2. The molecule has 41 heavy (non-hydrogen) atoms. The third-order valence-electron chi connectivity index (χ3n) is 6.75. The number of aliphatic carboxylic acids is 1. The van der Waals surface area contributed by atoms with Gasteiger partial charge in [0.2, 0.25) is 5.91 Å². The Hall–Kier alpha value is -2.79. The molecule has 2 fully saturated rings. The Morgan fingerprint density at radius 2 is 1.98 bits per heavy atom. The molecule has 2 saturated heterocycles. The minimum atomic E-state index is -0.822. The molecular weight excluding hydrogens is 573 g/mol. The van der Waals surface area contributed by atoms with Crippen LogP contribution in [-0.4, -0.2) is 81.6 Å². The number of allylic oxidation sites excluding steroid dienone is 3. The van der Waals surface area contributed by atoms with Gasteiger partial charge in [0.25, 0.3) is 0 Å². The second-order valence-electron chi connectivity index (χ2n) is 9.95. The van der Waals surface area contributed by atoms with Crippen molar-refractivity contribution in [2.75, 3.05) is 39.0 Å². The van der Waals surface area contributed by atoms with Gasteiger partial charge in [-0.2, -0.15) is 0 Å². The van der Waals surface area contributed by atoms with Gasteiger partial charge in [-0.15, -0.1) is 11.6 Å². The van der Waals surface area contributed by atoms with E-state index in [4.69, 9.17) is 30.9 Å². The van der Waals surface area contributed by atoms with Gasteiger partial charge in [0.05, 0.1) is 31.5 Å². The lowest BCUT2D eigenvalue weighted by Crippen LogP contribution is -2.45. The van der Waals surface area contributed by atoms with E-state index in [2.05, 4.69) is 41.3 Å². The van der Waals surface area contributed by atoms with E-state index in [1.54, 1.807) is 26.1 Å². The first kappa shape index (κ1) is 34.4. The van der Waals surface area contributed by atoms with E-state index in [9.17, 15) is 14.4 Å². The summed E-state index contributed by atoms with van der Waals surface area (Å²) in [7, 11) is 4.90. The topological polar surface area (TPSA) is 130 Å². The van der Waals surface area contributed by atoms with Crippen molar-refractivity contribution in [3.05, 3.63) is 46.5 Å². The van der Waals surface area contributed by atoms with Crippen molar-refractivity contribution in [3.8, 4) is 5.75 Å². The van der Waals surface area contributed by atoms with Gasteiger partial charge >= 0.3 is 12.1 Å². The van der Waals surface area contributed by atoms with Crippen LogP contribution in [0.3, 0.4) is 0 Å². The standard InChI is InChI=1S/C25H31ClN2O5.C3H7NO2.CH3Cl/c1-15-6-4-5-7-17-13-18(32-25(30)27-17)14-21-20(33-21)8-9-23(29)28(2)19-11-16(10-15)12-22(31-3)24(19)26;1-4-2-3(5)6;1-2/h4-6,11-12,17-18,20-21H,7-10,13-14H2,1-3H3,(H,27,30);4H,2H2,1H3,(H,5,6);1H3/b5-4+,15-6+;;. The number of anilines is 1. The summed E-state index contributed by atoms with van der Waals surface area (Å²) in [5.41, 5.74) is 2.80.